The lowest BCUT2D eigenvalue weighted by molar-refractivity contribution is 0.478. The minimum absolute atomic E-state index is 0.0507. The Morgan fingerprint density at radius 1 is 1.53 bits per heavy atom. The van der Waals surface area contributed by atoms with Crippen molar-refractivity contribution in [3.63, 3.8) is 0 Å². The van der Waals surface area contributed by atoms with Crippen molar-refractivity contribution in [3.05, 3.63) is 23.4 Å². The zero-order valence-corrected chi connectivity index (χ0v) is 10.6. The van der Waals surface area contributed by atoms with E-state index in [1.165, 1.54) is 0 Å². The molecule has 1 aromatic rings. The van der Waals surface area contributed by atoms with Gasteiger partial charge in [-0.05, 0) is 30.9 Å². The average Bonchev–Trinajstić information content (AvgIpc) is 2.58. The molecule has 0 bridgehead atoms. The molecule has 0 saturated carbocycles. The van der Waals surface area contributed by atoms with Crippen molar-refractivity contribution in [2.45, 2.75) is 19.4 Å². The van der Waals surface area contributed by atoms with Gasteiger partial charge in [-0.3, -0.25) is 0 Å². The summed E-state index contributed by atoms with van der Waals surface area (Å²) in [5, 5.41) is 0. The molecule has 94 valence electrons. The van der Waals surface area contributed by atoms with E-state index in [0.29, 0.717) is 12.2 Å². The van der Waals surface area contributed by atoms with E-state index in [1.54, 1.807) is 6.20 Å². The summed E-state index contributed by atoms with van der Waals surface area (Å²) in [5.74, 6) is 0.735. The molecule has 1 aliphatic rings. The molecule has 2 rings (SSSR count). The number of pyridine rings is 1. The Morgan fingerprint density at radius 2 is 2.24 bits per heavy atom. The van der Waals surface area contributed by atoms with E-state index in [1.807, 2.05) is 13.0 Å². The minimum atomic E-state index is -2.92. The van der Waals surface area contributed by atoms with Gasteiger partial charge in [0.05, 0.1) is 11.5 Å². The zero-order valence-electron chi connectivity index (χ0n) is 9.76. The molecule has 0 amide bonds. The molecule has 2 heterocycles. The molecule has 5 nitrogen and oxygen atoms in total. The quantitative estimate of drug-likeness (QED) is 0.797. The number of anilines is 1. The van der Waals surface area contributed by atoms with Crippen LogP contribution < -0.4 is 11.5 Å². The Labute approximate surface area is 101 Å². The van der Waals surface area contributed by atoms with Crippen LogP contribution in [0.5, 0.6) is 0 Å². The maximum atomic E-state index is 11.4. The number of sulfone groups is 1. The average molecular weight is 255 g/mol. The lowest BCUT2D eigenvalue weighted by Crippen LogP contribution is -2.24. The van der Waals surface area contributed by atoms with E-state index in [9.17, 15) is 8.42 Å². The zero-order chi connectivity index (χ0) is 12.6. The van der Waals surface area contributed by atoms with E-state index in [-0.39, 0.29) is 23.5 Å². The molecule has 0 radical (unpaired) electrons. The predicted molar refractivity (Wildman–Crippen MR) is 67.1 cm³/mol. The van der Waals surface area contributed by atoms with Gasteiger partial charge in [0.1, 0.15) is 5.82 Å². The maximum absolute atomic E-state index is 11.4. The molecular formula is C11H17N3O2S. The third-order valence-corrected chi connectivity index (χ3v) is 5.14. The van der Waals surface area contributed by atoms with Crippen molar-refractivity contribution in [2.24, 2.45) is 11.7 Å². The number of nitrogen functional groups attached to an aromatic ring is 1. The van der Waals surface area contributed by atoms with E-state index >= 15 is 0 Å². The first-order valence-electron chi connectivity index (χ1n) is 5.58. The van der Waals surface area contributed by atoms with Gasteiger partial charge in [0, 0.05) is 17.8 Å². The first-order valence-corrected chi connectivity index (χ1v) is 7.40. The van der Waals surface area contributed by atoms with Crippen molar-refractivity contribution in [1.29, 1.82) is 0 Å². The fourth-order valence-corrected chi connectivity index (χ4v) is 4.22. The van der Waals surface area contributed by atoms with Crippen LogP contribution in [0.1, 0.15) is 23.6 Å². The molecule has 2 atom stereocenters. The van der Waals surface area contributed by atoms with E-state index < -0.39 is 9.84 Å². The fraction of sp³-hybridized carbons (Fsp3) is 0.545. The van der Waals surface area contributed by atoms with Gasteiger partial charge >= 0.3 is 0 Å². The third-order valence-electron chi connectivity index (χ3n) is 3.35. The van der Waals surface area contributed by atoms with Crippen LogP contribution in [0.3, 0.4) is 0 Å². The Bertz CT molecular complexity index is 507. The predicted octanol–water partition coefficient (Wildman–Crippen LogP) is 0.407. The highest BCUT2D eigenvalue weighted by Gasteiger charge is 2.34. The molecular weight excluding hydrogens is 238 g/mol. The lowest BCUT2D eigenvalue weighted by Gasteiger charge is -2.21. The summed E-state index contributed by atoms with van der Waals surface area (Å²) < 4.78 is 22.9. The van der Waals surface area contributed by atoms with Crippen molar-refractivity contribution < 1.29 is 8.42 Å². The normalized spacial score (nSPS) is 24.7. The Morgan fingerprint density at radius 3 is 2.76 bits per heavy atom. The number of rotatable bonds is 2. The summed E-state index contributed by atoms with van der Waals surface area (Å²) >= 11 is 0. The molecule has 6 heteroatoms. The monoisotopic (exact) mass is 255 g/mol. The lowest BCUT2D eigenvalue weighted by atomic mass is 9.91. The second-order valence-corrected chi connectivity index (χ2v) is 6.84. The van der Waals surface area contributed by atoms with Gasteiger partial charge in [0.15, 0.2) is 9.84 Å². The number of hydrogen-bond donors (Lipinski definition) is 2. The summed E-state index contributed by atoms with van der Waals surface area (Å²) in [6.07, 6.45) is 2.24. The Kier molecular flexibility index (Phi) is 3.09. The van der Waals surface area contributed by atoms with Gasteiger partial charge in [0.25, 0.3) is 0 Å². The number of aromatic nitrogens is 1. The van der Waals surface area contributed by atoms with Gasteiger partial charge in [-0.2, -0.15) is 0 Å². The minimum Gasteiger partial charge on any atom is -0.383 e. The van der Waals surface area contributed by atoms with Crippen molar-refractivity contribution in [1.82, 2.24) is 4.98 Å². The molecule has 1 aromatic heterocycles. The highest BCUT2D eigenvalue weighted by Crippen LogP contribution is 2.33. The van der Waals surface area contributed by atoms with Crippen molar-refractivity contribution in [3.8, 4) is 0 Å². The fourth-order valence-electron chi connectivity index (χ4n) is 2.37. The summed E-state index contributed by atoms with van der Waals surface area (Å²) in [7, 11) is -2.92. The van der Waals surface area contributed by atoms with E-state index in [0.717, 1.165) is 11.1 Å². The highest BCUT2D eigenvalue weighted by molar-refractivity contribution is 7.91. The first-order chi connectivity index (χ1) is 7.91. The topological polar surface area (TPSA) is 99.1 Å². The van der Waals surface area contributed by atoms with Gasteiger partial charge in [-0.1, -0.05) is 0 Å². The van der Waals surface area contributed by atoms with Crippen LogP contribution >= 0.6 is 0 Å². The van der Waals surface area contributed by atoms with Crippen LogP contribution in [-0.4, -0.2) is 24.9 Å². The SMILES string of the molecule is Cc1ccnc(N)c1C(N)C1CCS(=O)(=O)C1. The van der Waals surface area contributed by atoms with E-state index in [2.05, 4.69) is 4.98 Å². The molecule has 0 aliphatic carbocycles. The number of nitrogens with zero attached hydrogens (tertiary/aromatic N) is 1. The van der Waals surface area contributed by atoms with Crippen LogP contribution in [0.15, 0.2) is 12.3 Å². The molecule has 17 heavy (non-hydrogen) atoms. The van der Waals surface area contributed by atoms with Gasteiger partial charge in [-0.25, -0.2) is 13.4 Å². The van der Waals surface area contributed by atoms with Crippen LogP contribution in [0, 0.1) is 12.8 Å². The van der Waals surface area contributed by atoms with Crippen molar-refractivity contribution in [2.75, 3.05) is 17.2 Å². The largest absolute Gasteiger partial charge is 0.383 e. The van der Waals surface area contributed by atoms with Gasteiger partial charge in [-0.15, -0.1) is 0 Å². The van der Waals surface area contributed by atoms with Crippen LogP contribution in [0.2, 0.25) is 0 Å². The maximum Gasteiger partial charge on any atom is 0.150 e. The highest BCUT2D eigenvalue weighted by atomic mass is 32.2. The van der Waals surface area contributed by atoms with Gasteiger partial charge < -0.3 is 11.5 Å². The van der Waals surface area contributed by atoms with Crippen LogP contribution in [0.25, 0.3) is 0 Å². The number of hydrogen-bond acceptors (Lipinski definition) is 5. The standard InChI is InChI=1S/C11H17N3O2S/c1-7-2-4-14-11(13)9(7)10(12)8-3-5-17(15,16)6-8/h2,4,8,10H,3,5-6,12H2,1H3,(H2,13,14). The van der Waals surface area contributed by atoms with E-state index in [4.69, 9.17) is 11.5 Å². The molecule has 2 unspecified atom stereocenters. The molecule has 1 aliphatic heterocycles. The number of aryl methyl sites for hydroxylation is 1. The van der Waals surface area contributed by atoms with Crippen LogP contribution in [-0.2, 0) is 9.84 Å². The Balaban J connectivity index is 2.29. The summed E-state index contributed by atoms with van der Waals surface area (Å²) in [6.45, 7) is 1.91. The summed E-state index contributed by atoms with van der Waals surface area (Å²) in [6, 6.07) is 1.50. The Hall–Kier alpha value is -1.14. The first kappa shape index (κ1) is 12.3. The molecule has 1 saturated heterocycles. The second-order valence-electron chi connectivity index (χ2n) is 4.62. The smallest absolute Gasteiger partial charge is 0.150 e. The van der Waals surface area contributed by atoms with Crippen LogP contribution in [0.4, 0.5) is 5.82 Å². The number of nitrogens with two attached hydrogens (primary N) is 2. The summed E-state index contributed by atoms with van der Waals surface area (Å²) in [5.41, 5.74) is 13.7. The molecule has 0 spiro atoms. The van der Waals surface area contributed by atoms with Gasteiger partial charge in [0.2, 0.25) is 0 Å². The summed E-state index contributed by atoms with van der Waals surface area (Å²) in [4.78, 5) is 4.02. The molecule has 1 fully saturated rings. The van der Waals surface area contributed by atoms with Crippen molar-refractivity contribution >= 4 is 15.7 Å². The molecule has 0 aromatic carbocycles. The third kappa shape index (κ3) is 2.42. The molecule has 4 N–H and O–H groups in total. The second kappa shape index (κ2) is 4.27.